The number of carbonyl (C=O) groups excluding carboxylic acids is 1. The number of hydrogen-bond donors (Lipinski definition) is 1. The lowest BCUT2D eigenvalue weighted by atomic mass is 9.59. The summed E-state index contributed by atoms with van der Waals surface area (Å²) in [6, 6.07) is 8.19. The minimum atomic E-state index is -1.19. The summed E-state index contributed by atoms with van der Waals surface area (Å²) in [5.74, 6) is 2.12. The number of benzene rings is 1. The number of fused-ring (bicyclic) bond motifs is 4. The molecule has 3 heteroatoms. The highest BCUT2D eigenvalue weighted by molar-refractivity contribution is 5.93. The van der Waals surface area contributed by atoms with Crippen LogP contribution in [0.25, 0.3) is 0 Å². The summed E-state index contributed by atoms with van der Waals surface area (Å²) in [7, 11) is 1.68. The van der Waals surface area contributed by atoms with Crippen molar-refractivity contribution in [3.8, 4) is 5.75 Å². The maximum Gasteiger partial charge on any atom is 0.169 e. The van der Waals surface area contributed by atoms with E-state index in [4.69, 9.17) is 4.74 Å². The smallest absolute Gasteiger partial charge is 0.169 e. The van der Waals surface area contributed by atoms with Crippen LogP contribution < -0.4 is 4.74 Å². The molecule has 3 saturated carbocycles. The first-order chi connectivity index (χ1) is 13.2. The standard InChI is InChI=1S/C25H32O3/c1-23(2)18-11-12-24(23,3)25(27,14-18)22(26)21-17-6-5-16(13-17)20(21)15-7-9-19(28-4)10-8-15/h5-10,16-18,20-21,27H,11-14H2,1-4H3/t16-,17+,18-,20+,21+,24-,25+/m1/s1. The van der Waals surface area contributed by atoms with Crippen LogP contribution in [-0.4, -0.2) is 23.6 Å². The lowest BCUT2D eigenvalue weighted by Crippen LogP contribution is -2.56. The Bertz CT molecular complexity index is 838. The van der Waals surface area contributed by atoms with Crippen LogP contribution in [0.1, 0.15) is 57.9 Å². The average molecular weight is 381 g/mol. The highest BCUT2D eigenvalue weighted by atomic mass is 16.5. The maximum atomic E-state index is 14.0. The Morgan fingerprint density at radius 3 is 2.36 bits per heavy atom. The third-order valence-corrected chi connectivity index (χ3v) is 9.56. The van der Waals surface area contributed by atoms with Crippen LogP contribution in [0.15, 0.2) is 36.4 Å². The van der Waals surface area contributed by atoms with Crippen LogP contribution in [0.5, 0.6) is 5.75 Å². The summed E-state index contributed by atoms with van der Waals surface area (Å²) in [5.41, 5.74) is -0.294. The Labute approximate surface area is 168 Å². The number of allylic oxidation sites excluding steroid dienone is 2. The summed E-state index contributed by atoms with van der Waals surface area (Å²) in [6.07, 6.45) is 8.29. The molecule has 0 spiro atoms. The van der Waals surface area contributed by atoms with Gasteiger partial charge in [0, 0.05) is 17.3 Å². The van der Waals surface area contributed by atoms with Crippen LogP contribution >= 0.6 is 0 Å². The second kappa shape index (κ2) is 5.72. The molecule has 28 heavy (non-hydrogen) atoms. The van der Waals surface area contributed by atoms with Crippen LogP contribution in [-0.2, 0) is 4.79 Å². The molecule has 4 aliphatic carbocycles. The summed E-state index contributed by atoms with van der Waals surface area (Å²) >= 11 is 0. The zero-order chi connectivity index (χ0) is 19.9. The fourth-order valence-corrected chi connectivity index (χ4v) is 7.38. The Morgan fingerprint density at radius 1 is 1.11 bits per heavy atom. The second-order valence-corrected chi connectivity index (χ2v) is 10.5. The molecule has 7 atom stereocenters. The molecule has 4 aliphatic rings. The van der Waals surface area contributed by atoms with Crippen LogP contribution in [0, 0.1) is 34.5 Å². The topological polar surface area (TPSA) is 46.5 Å². The minimum Gasteiger partial charge on any atom is -0.497 e. The summed E-state index contributed by atoms with van der Waals surface area (Å²) in [6.45, 7) is 6.69. The van der Waals surface area contributed by atoms with E-state index in [0.29, 0.717) is 18.3 Å². The molecule has 1 aromatic carbocycles. The van der Waals surface area contributed by atoms with Gasteiger partial charge >= 0.3 is 0 Å². The quantitative estimate of drug-likeness (QED) is 0.767. The number of rotatable bonds is 4. The predicted octanol–water partition coefficient (Wildman–Crippen LogP) is 4.75. The first kappa shape index (κ1) is 18.4. The van der Waals surface area contributed by atoms with Gasteiger partial charge in [-0.25, -0.2) is 0 Å². The molecule has 0 heterocycles. The fourth-order valence-electron chi connectivity index (χ4n) is 7.38. The van der Waals surface area contributed by atoms with Gasteiger partial charge in [0.25, 0.3) is 0 Å². The molecule has 0 aliphatic heterocycles. The molecule has 5 rings (SSSR count). The van der Waals surface area contributed by atoms with E-state index in [9.17, 15) is 9.90 Å². The number of hydrogen-bond acceptors (Lipinski definition) is 3. The molecule has 150 valence electrons. The minimum absolute atomic E-state index is 0.0144. The molecule has 0 unspecified atom stereocenters. The third-order valence-electron chi connectivity index (χ3n) is 9.56. The van der Waals surface area contributed by atoms with E-state index in [1.165, 1.54) is 5.56 Å². The number of ether oxygens (including phenoxy) is 1. The monoisotopic (exact) mass is 380 g/mol. The highest BCUT2D eigenvalue weighted by Crippen LogP contribution is 2.71. The van der Waals surface area contributed by atoms with E-state index in [1.807, 2.05) is 12.1 Å². The molecule has 0 radical (unpaired) electrons. The molecule has 0 saturated heterocycles. The molecular weight excluding hydrogens is 348 g/mol. The predicted molar refractivity (Wildman–Crippen MR) is 109 cm³/mol. The molecule has 3 fully saturated rings. The Kier molecular flexibility index (Phi) is 3.76. The average Bonchev–Trinajstić information content (AvgIpc) is 3.39. The molecule has 1 N–H and O–H groups in total. The van der Waals surface area contributed by atoms with Crippen molar-refractivity contribution < 1.29 is 14.6 Å². The van der Waals surface area contributed by atoms with E-state index >= 15 is 0 Å². The van der Waals surface area contributed by atoms with Crippen molar-refractivity contribution in [1.82, 2.24) is 0 Å². The van der Waals surface area contributed by atoms with Gasteiger partial charge in [-0.2, -0.15) is 0 Å². The van der Waals surface area contributed by atoms with E-state index in [0.717, 1.165) is 25.0 Å². The van der Waals surface area contributed by atoms with Crippen LogP contribution in [0.3, 0.4) is 0 Å². The zero-order valence-electron chi connectivity index (χ0n) is 17.4. The molecule has 0 aromatic heterocycles. The third kappa shape index (κ3) is 2.06. The van der Waals surface area contributed by atoms with Gasteiger partial charge in [0.15, 0.2) is 5.78 Å². The fraction of sp³-hybridized carbons (Fsp3) is 0.640. The number of carbonyl (C=O) groups is 1. The number of ketones is 1. The van der Waals surface area contributed by atoms with E-state index < -0.39 is 5.60 Å². The van der Waals surface area contributed by atoms with Gasteiger partial charge < -0.3 is 9.84 Å². The van der Waals surface area contributed by atoms with Crippen molar-refractivity contribution in [2.45, 2.75) is 58.0 Å². The van der Waals surface area contributed by atoms with E-state index in [1.54, 1.807) is 7.11 Å². The number of methoxy groups -OCH3 is 1. The maximum absolute atomic E-state index is 14.0. The Hall–Kier alpha value is -1.61. The summed E-state index contributed by atoms with van der Waals surface area (Å²) < 4.78 is 5.31. The SMILES string of the molecule is COc1ccc([C@@H]2[C@@H](C(=O)[C@@]3(O)C[C@H]4CC[C@]3(C)C4(C)C)[C@H]3C=C[C@@H]2C3)cc1. The van der Waals surface area contributed by atoms with Gasteiger partial charge in [-0.3, -0.25) is 4.79 Å². The van der Waals surface area contributed by atoms with Crippen molar-refractivity contribution in [3.63, 3.8) is 0 Å². The van der Waals surface area contributed by atoms with Gasteiger partial charge in [0.2, 0.25) is 0 Å². The molecule has 0 amide bonds. The van der Waals surface area contributed by atoms with Gasteiger partial charge in [-0.05, 0) is 66.5 Å². The largest absolute Gasteiger partial charge is 0.497 e. The zero-order valence-corrected chi connectivity index (χ0v) is 17.4. The van der Waals surface area contributed by atoms with Crippen LogP contribution in [0.2, 0.25) is 0 Å². The highest BCUT2D eigenvalue weighted by Gasteiger charge is 2.72. The first-order valence-electron chi connectivity index (χ1n) is 10.8. The lowest BCUT2D eigenvalue weighted by Gasteiger charge is -2.46. The number of Topliss-reactive ketones (excluding diaryl/α,β-unsaturated/α-hetero) is 1. The lowest BCUT2D eigenvalue weighted by molar-refractivity contribution is -0.161. The van der Waals surface area contributed by atoms with Crippen molar-refractivity contribution in [3.05, 3.63) is 42.0 Å². The van der Waals surface area contributed by atoms with Gasteiger partial charge in [0.05, 0.1) is 7.11 Å². The summed E-state index contributed by atoms with van der Waals surface area (Å²) in [5, 5.41) is 11.9. The molecule has 3 nitrogen and oxygen atoms in total. The van der Waals surface area contributed by atoms with E-state index in [-0.39, 0.29) is 34.4 Å². The van der Waals surface area contributed by atoms with Crippen molar-refractivity contribution in [1.29, 1.82) is 0 Å². The number of aliphatic hydroxyl groups is 1. The van der Waals surface area contributed by atoms with Gasteiger partial charge in [-0.1, -0.05) is 45.1 Å². The molecule has 4 bridgehead atoms. The Balaban J connectivity index is 1.52. The Morgan fingerprint density at radius 2 is 1.79 bits per heavy atom. The van der Waals surface area contributed by atoms with E-state index in [2.05, 4.69) is 45.1 Å². The normalized spacial score (nSPS) is 45.0. The second-order valence-electron chi connectivity index (χ2n) is 10.5. The molecular formula is C25H32O3. The first-order valence-corrected chi connectivity index (χ1v) is 10.8. The molecule has 1 aromatic rings. The van der Waals surface area contributed by atoms with Gasteiger partial charge in [0.1, 0.15) is 11.4 Å². The van der Waals surface area contributed by atoms with Crippen molar-refractivity contribution in [2.75, 3.05) is 7.11 Å². The van der Waals surface area contributed by atoms with Gasteiger partial charge in [-0.15, -0.1) is 0 Å². The summed E-state index contributed by atoms with van der Waals surface area (Å²) in [4.78, 5) is 14.0. The van der Waals surface area contributed by atoms with Crippen molar-refractivity contribution in [2.24, 2.45) is 34.5 Å². The van der Waals surface area contributed by atoms with Crippen LogP contribution in [0.4, 0.5) is 0 Å². The van der Waals surface area contributed by atoms with Crippen molar-refractivity contribution >= 4 is 5.78 Å².